The van der Waals surface area contributed by atoms with Crippen LogP contribution in [0.2, 0.25) is 0 Å². The summed E-state index contributed by atoms with van der Waals surface area (Å²) in [6, 6.07) is 17.0. The van der Waals surface area contributed by atoms with Gasteiger partial charge in [0.1, 0.15) is 11.6 Å². The summed E-state index contributed by atoms with van der Waals surface area (Å²) in [7, 11) is 0. The average molecular weight is 360 g/mol. The first kappa shape index (κ1) is 18.4. The number of carbonyl (C=O) groups is 2. The smallest absolute Gasteiger partial charge is 0.349 e. The van der Waals surface area contributed by atoms with E-state index in [0.29, 0.717) is 6.54 Å². The van der Waals surface area contributed by atoms with Crippen molar-refractivity contribution < 1.29 is 14.3 Å². The molecule has 0 radical (unpaired) electrons. The van der Waals surface area contributed by atoms with Crippen LogP contribution in [0.25, 0.3) is 6.08 Å². The number of hydrogen-bond acceptors (Lipinski definition) is 4. The van der Waals surface area contributed by atoms with Crippen LogP contribution in [0.5, 0.6) is 0 Å². The molecule has 2 aromatic rings. The van der Waals surface area contributed by atoms with Crippen LogP contribution >= 0.6 is 0 Å². The number of nitrogens with zero attached hydrogens (tertiary/aromatic N) is 2. The number of aryl methyl sites for hydroxylation is 2. The van der Waals surface area contributed by atoms with Crippen molar-refractivity contribution in [1.29, 1.82) is 5.26 Å². The molecule has 1 aliphatic heterocycles. The number of ether oxygens (including phenoxy) is 1. The molecule has 2 aromatic carbocycles. The monoisotopic (exact) mass is 360 g/mol. The normalized spacial score (nSPS) is 13.5. The number of rotatable bonds is 4. The third kappa shape index (κ3) is 4.42. The number of esters is 1. The van der Waals surface area contributed by atoms with Gasteiger partial charge in [-0.1, -0.05) is 48.0 Å². The van der Waals surface area contributed by atoms with Gasteiger partial charge in [0.15, 0.2) is 6.61 Å². The lowest BCUT2D eigenvalue weighted by molar-refractivity contribution is -0.143. The van der Waals surface area contributed by atoms with E-state index in [1.165, 1.54) is 6.08 Å². The van der Waals surface area contributed by atoms with Gasteiger partial charge in [-0.15, -0.1) is 0 Å². The highest BCUT2D eigenvalue weighted by Gasteiger charge is 2.23. The minimum absolute atomic E-state index is 0.134. The van der Waals surface area contributed by atoms with Crippen LogP contribution in [0.1, 0.15) is 23.1 Å². The predicted octanol–water partition coefficient (Wildman–Crippen LogP) is 3.42. The number of fused-ring (bicyclic) bond motifs is 1. The summed E-state index contributed by atoms with van der Waals surface area (Å²) in [5.41, 5.74) is 3.65. The lowest BCUT2D eigenvalue weighted by atomic mass is 10.0. The Balaban J connectivity index is 1.65. The second-order valence-electron chi connectivity index (χ2n) is 6.43. The number of amides is 1. The van der Waals surface area contributed by atoms with Crippen molar-refractivity contribution in [2.24, 2.45) is 0 Å². The number of carbonyl (C=O) groups excluding carboxylic acids is 2. The molecule has 1 aliphatic rings. The maximum atomic E-state index is 12.5. The number of anilines is 1. The molecule has 27 heavy (non-hydrogen) atoms. The average Bonchev–Trinajstić information content (AvgIpc) is 2.71. The quantitative estimate of drug-likeness (QED) is 0.476. The van der Waals surface area contributed by atoms with E-state index in [4.69, 9.17) is 4.74 Å². The number of benzene rings is 2. The largest absolute Gasteiger partial charge is 0.451 e. The van der Waals surface area contributed by atoms with Crippen LogP contribution in [-0.4, -0.2) is 25.0 Å². The summed E-state index contributed by atoms with van der Waals surface area (Å²) in [5, 5.41) is 9.24. The van der Waals surface area contributed by atoms with Crippen LogP contribution in [0, 0.1) is 18.3 Å². The van der Waals surface area contributed by atoms with Gasteiger partial charge in [0.2, 0.25) is 0 Å². The van der Waals surface area contributed by atoms with Gasteiger partial charge >= 0.3 is 5.97 Å². The first-order chi connectivity index (χ1) is 13.1. The minimum atomic E-state index is -0.795. The molecule has 0 unspecified atom stereocenters. The van der Waals surface area contributed by atoms with Crippen LogP contribution in [0.4, 0.5) is 5.69 Å². The third-order valence-electron chi connectivity index (χ3n) is 4.47. The summed E-state index contributed by atoms with van der Waals surface area (Å²) < 4.78 is 5.10. The lowest BCUT2D eigenvalue weighted by Crippen LogP contribution is -2.38. The van der Waals surface area contributed by atoms with Crippen molar-refractivity contribution in [2.75, 3.05) is 18.1 Å². The summed E-state index contributed by atoms with van der Waals surface area (Å²) >= 11 is 0. The maximum Gasteiger partial charge on any atom is 0.349 e. The molecule has 0 saturated heterocycles. The van der Waals surface area contributed by atoms with Gasteiger partial charge < -0.3 is 9.64 Å². The van der Waals surface area contributed by atoms with Crippen LogP contribution in [-0.2, 0) is 20.7 Å². The fourth-order valence-electron chi connectivity index (χ4n) is 3.04. The van der Waals surface area contributed by atoms with Crippen molar-refractivity contribution in [3.63, 3.8) is 0 Å². The Morgan fingerprint density at radius 2 is 1.93 bits per heavy atom. The van der Waals surface area contributed by atoms with E-state index in [1.54, 1.807) is 4.90 Å². The van der Waals surface area contributed by atoms with E-state index < -0.39 is 5.97 Å². The van der Waals surface area contributed by atoms with E-state index in [0.717, 1.165) is 35.2 Å². The molecule has 0 atom stereocenters. The van der Waals surface area contributed by atoms with Crippen molar-refractivity contribution in [1.82, 2.24) is 0 Å². The Morgan fingerprint density at radius 3 is 2.67 bits per heavy atom. The number of nitriles is 1. The van der Waals surface area contributed by atoms with Crippen LogP contribution < -0.4 is 4.90 Å². The molecule has 1 amide bonds. The number of para-hydroxylation sites is 1. The van der Waals surface area contributed by atoms with Crippen LogP contribution in [0.3, 0.4) is 0 Å². The Hall–Kier alpha value is -3.39. The Morgan fingerprint density at radius 1 is 1.19 bits per heavy atom. The molecule has 0 bridgehead atoms. The molecule has 0 spiro atoms. The SMILES string of the molecule is Cc1ccc(/C=C(\C#N)C(=O)OCC(=O)N2CCCc3ccccc32)cc1. The molecule has 0 aromatic heterocycles. The van der Waals surface area contributed by atoms with Gasteiger partial charge in [-0.05, 0) is 43.0 Å². The zero-order valence-corrected chi connectivity index (χ0v) is 15.1. The zero-order chi connectivity index (χ0) is 19.2. The Labute approximate surface area is 158 Å². The summed E-state index contributed by atoms with van der Waals surface area (Å²) in [6.07, 6.45) is 3.26. The van der Waals surface area contributed by atoms with Gasteiger partial charge in [-0.3, -0.25) is 4.79 Å². The molecule has 5 nitrogen and oxygen atoms in total. The summed E-state index contributed by atoms with van der Waals surface area (Å²) in [4.78, 5) is 26.4. The van der Waals surface area contributed by atoms with E-state index in [9.17, 15) is 14.9 Å². The van der Waals surface area contributed by atoms with Crippen molar-refractivity contribution in [2.45, 2.75) is 19.8 Å². The van der Waals surface area contributed by atoms with Crippen molar-refractivity contribution in [3.8, 4) is 6.07 Å². The predicted molar refractivity (Wildman–Crippen MR) is 103 cm³/mol. The third-order valence-corrected chi connectivity index (χ3v) is 4.47. The molecule has 5 heteroatoms. The first-order valence-electron chi connectivity index (χ1n) is 8.82. The lowest BCUT2D eigenvalue weighted by Gasteiger charge is -2.29. The Kier molecular flexibility index (Phi) is 5.68. The molecule has 1 heterocycles. The van der Waals surface area contributed by atoms with Gasteiger partial charge in [0.05, 0.1) is 0 Å². The molecule has 0 N–H and O–H groups in total. The second kappa shape index (κ2) is 8.33. The summed E-state index contributed by atoms with van der Waals surface area (Å²) in [5.74, 6) is -1.08. The van der Waals surface area contributed by atoms with Gasteiger partial charge in [0, 0.05) is 12.2 Å². The maximum absolute atomic E-state index is 12.5. The van der Waals surface area contributed by atoms with Crippen molar-refractivity contribution in [3.05, 3.63) is 70.8 Å². The highest BCUT2D eigenvalue weighted by atomic mass is 16.5. The zero-order valence-electron chi connectivity index (χ0n) is 15.1. The van der Waals surface area contributed by atoms with Gasteiger partial charge in [-0.25, -0.2) is 4.79 Å². The van der Waals surface area contributed by atoms with E-state index >= 15 is 0 Å². The molecular weight excluding hydrogens is 340 g/mol. The number of hydrogen-bond donors (Lipinski definition) is 0. The van der Waals surface area contributed by atoms with Crippen LogP contribution in [0.15, 0.2) is 54.1 Å². The van der Waals surface area contributed by atoms with Gasteiger partial charge in [-0.2, -0.15) is 5.26 Å². The topological polar surface area (TPSA) is 70.4 Å². The molecular formula is C22H20N2O3. The highest BCUT2D eigenvalue weighted by Crippen LogP contribution is 2.26. The molecule has 0 saturated carbocycles. The van der Waals surface area contributed by atoms with E-state index in [-0.39, 0.29) is 18.1 Å². The van der Waals surface area contributed by atoms with E-state index in [1.807, 2.05) is 61.5 Å². The fraction of sp³-hybridized carbons (Fsp3) is 0.227. The standard InChI is InChI=1S/C22H20N2O3/c1-16-8-10-17(11-9-16)13-19(14-23)22(26)27-15-21(25)24-12-4-6-18-5-2-3-7-20(18)24/h2-3,5,7-11,13H,4,6,12,15H2,1H3/b19-13+. The summed E-state index contributed by atoms with van der Waals surface area (Å²) in [6.45, 7) is 2.16. The van der Waals surface area contributed by atoms with Gasteiger partial charge in [0.25, 0.3) is 5.91 Å². The molecule has 3 rings (SSSR count). The second-order valence-corrected chi connectivity index (χ2v) is 6.43. The highest BCUT2D eigenvalue weighted by molar-refractivity contribution is 6.01. The van der Waals surface area contributed by atoms with Crippen molar-refractivity contribution >= 4 is 23.6 Å². The first-order valence-corrected chi connectivity index (χ1v) is 8.82. The molecule has 136 valence electrons. The fourth-order valence-corrected chi connectivity index (χ4v) is 3.04. The Bertz CT molecular complexity index is 923. The molecule has 0 aliphatic carbocycles. The molecule has 0 fully saturated rings. The minimum Gasteiger partial charge on any atom is -0.451 e. The van der Waals surface area contributed by atoms with E-state index in [2.05, 4.69) is 0 Å².